The van der Waals surface area contributed by atoms with Crippen molar-refractivity contribution in [3.05, 3.63) is 28.6 Å². The van der Waals surface area contributed by atoms with Gasteiger partial charge in [-0.3, -0.25) is 14.3 Å². The van der Waals surface area contributed by atoms with Crippen molar-refractivity contribution in [2.75, 3.05) is 24.9 Å². The lowest BCUT2D eigenvalue weighted by Gasteiger charge is -2.30. The third-order valence-electron chi connectivity index (χ3n) is 4.02. The van der Waals surface area contributed by atoms with E-state index in [1.54, 1.807) is 16.3 Å². The van der Waals surface area contributed by atoms with Gasteiger partial charge in [0, 0.05) is 18.5 Å². The summed E-state index contributed by atoms with van der Waals surface area (Å²) < 4.78 is 31.7. The number of sulfonamides is 1. The molecule has 1 saturated heterocycles. The number of nitrogens with zero attached hydrogens (tertiary/aromatic N) is 2. The highest BCUT2D eigenvalue weighted by molar-refractivity contribution is 7.94. The number of thiophene rings is 1. The quantitative estimate of drug-likeness (QED) is 0.749. The van der Waals surface area contributed by atoms with Gasteiger partial charge in [0.25, 0.3) is 15.9 Å². The second kappa shape index (κ2) is 7.72. The maximum Gasteiger partial charge on any atom is 0.308 e. The monoisotopic (exact) mass is 415 g/mol. The van der Waals surface area contributed by atoms with Crippen LogP contribution in [0, 0.1) is 5.92 Å². The molecular formula is C15H17N3O5S3. The van der Waals surface area contributed by atoms with E-state index in [1.165, 1.54) is 18.6 Å². The molecule has 26 heavy (non-hydrogen) atoms. The Hall–Kier alpha value is -1.98. The Morgan fingerprint density at radius 1 is 1.31 bits per heavy atom. The van der Waals surface area contributed by atoms with Crippen molar-refractivity contribution < 1.29 is 22.7 Å². The Morgan fingerprint density at radius 2 is 2.04 bits per heavy atom. The number of likely N-dealkylation sites (tertiary alicyclic amines) is 1. The summed E-state index contributed by atoms with van der Waals surface area (Å²) in [7, 11) is -2.33. The highest BCUT2D eigenvalue weighted by Gasteiger charge is 2.29. The van der Waals surface area contributed by atoms with Crippen LogP contribution in [0.2, 0.25) is 0 Å². The predicted molar refractivity (Wildman–Crippen MR) is 97.9 cm³/mol. The number of carbonyl (C=O) groups is 2. The van der Waals surface area contributed by atoms with Crippen LogP contribution in [0.5, 0.6) is 0 Å². The Labute approximate surface area is 158 Å². The lowest BCUT2D eigenvalue weighted by molar-refractivity contribution is -0.146. The van der Waals surface area contributed by atoms with Crippen molar-refractivity contribution in [3.8, 4) is 0 Å². The van der Waals surface area contributed by atoms with Crippen LogP contribution in [0.3, 0.4) is 0 Å². The Kier molecular flexibility index (Phi) is 5.58. The van der Waals surface area contributed by atoms with Crippen LogP contribution in [0.15, 0.2) is 27.1 Å². The molecule has 0 aromatic carbocycles. The van der Waals surface area contributed by atoms with E-state index in [1.807, 2.05) is 0 Å². The second-order valence-electron chi connectivity index (χ2n) is 5.67. The maximum absolute atomic E-state index is 12.5. The molecule has 0 bridgehead atoms. The number of amides is 1. The molecule has 1 fully saturated rings. The first-order valence-electron chi connectivity index (χ1n) is 7.79. The standard InChI is InChI=1S/C15H17N3O5S3/c1-23-14(20)10-4-6-18(7-5-10)13(19)11-9-25-15(16-11)17-26(21,22)12-3-2-8-24-12/h2-3,8-10H,4-7H2,1H3,(H,16,17). The number of anilines is 1. The third kappa shape index (κ3) is 4.05. The number of ether oxygens (including phenoxy) is 1. The summed E-state index contributed by atoms with van der Waals surface area (Å²) in [4.78, 5) is 29.8. The molecule has 0 saturated carbocycles. The predicted octanol–water partition coefficient (Wildman–Crippen LogP) is 2.03. The first-order valence-corrected chi connectivity index (χ1v) is 11.0. The van der Waals surface area contributed by atoms with Gasteiger partial charge >= 0.3 is 5.97 Å². The minimum atomic E-state index is -3.69. The first-order chi connectivity index (χ1) is 12.4. The average Bonchev–Trinajstić information content (AvgIpc) is 3.32. The number of aromatic nitrogens is 1. The summed E-state index contributed by atoms with van der Waals surface area (Å²) in [6, 6.07) is 3.14. The van der Waals surface area contributed by atoms with Gasteiger partial charge < -0.3 is 9.64 Å². The topological polar surface area (TPSA) is 106 Å². The van der Waals surface area contributed by atoms with Gasteiger partial charge in [0.2, 0.25) is 0 Å². The van der Waals surface area contributed by atoms with Crippen molar-refractivity contribution >= 4 is 49.7 Å². The van der Waals surface area contributed by atoms with Crippen molar-refractivity contribution in [1.29, 1.82) is 0 Å². The lowest BCUT2D eigenvalue weighted by Crippen LogP contribution is -2.40. The Balaban J connectivity index is 1.63. The molecule has 0 unspecified atom stereocenters. The molecule has 140 valence electrons. The van der Waals surface area contributed by atoms with Gasteiger partial charge in [-0.1, -0.05) is 6.07 Å². The second-order valence-corrected chi connectivity index (χ2v) is 9.38. The minimum absolute atomic E-state index is 0.145. The van der Waals surface area contributed by atoms with E-state index in [4.69, 9.17) is 4.74 Å². The highest BCUT2D eigenvalue weighted by atomic mass is 32.2. The van der Waals surface area contributed by atoms with E-state index < -0.39 is 10.0 Å². The average molecular weight is 416 g/mol. The van der Waals surface area contributed by atoms with Crippen LogP contribution in [0.1, 0.15) is 23.3 Å². The molecule has 1 aliphatic heterocycles. The van der Waals surface area contributed by atoms with Crippen LogP contribution in [-0.2, 0) is 19.6 Å². The summed E-state index contributed by atoms with van der Waals surface area (Å²) in [5.41, 5.74) is 0.190. The van der Waals surface area contributed by atoms with Crippen molar-refractivity contribution in [3.63, 3.8) is 0 Å². The van der Waals surface area contributed by atoms with Gasteiger partial charge in [-0.2, -0.15) is 0 Å². The van der Waals surface area contributed by atoms with E-state index in [0.29, 0.717) is 25.9 Å². The van der Waals surface area contributed by atoms with Crippen LogP contribution in [-0.4, -0.2) is 50.4 Å². The molecule has 8 nitrogen and oxygen atoms in total. The van der Waals surface area contributed by atoms with Crippen LogP contribution >= 0.6 is 22.7 Å². The van der Waals surface area contributed by atoms with Gasteiger partial charge in [-0.05, 0) is 24.3 Å². The molecule has 1 aliphatic rings. The number of carbonyl (C=O) groups excluding carboxylic acids is 2. The molecule has 2 aromatic heterocycles. The normalized spacial score (nSPS) is 15.7. The van der Waals surface area contributed by atoms with Crippen LogP contribution < -0.4 is 4.72 Å². The third-order valence-corrected chi connectivity index (χ3v) is 7.64. The molecule has 0 aliphatic carbocycles. The number of hydrogen-bond acceptors (Lipinski definition) is 8. The number of thiazole rings is 1. The Bertz CT molecular complexity index is 884. The van der Waals surface area contributed by atoms with E-state index in [0.717, 1.165) is 22.7 Å². The zero-order chi connectivity index (χ0) is 18.7. The molecular weight excluding hydrogens is 398 g/mol. The van der Waals surface area contributed by atoms with Gasteiger partial charge in [0.1, 0.15) is 9.90 Å². The minimum Gasteiger partial charge on any atom is -0.469 e. The molecule has 0 atom stereocenters. The van der Waals surface area contributed by atoms with Crippen LogP contribution in [0.4, 0.5) is 5.13 Å². The van der Waals surface area contributed by atoms with Crippen molar-refractivity contribution in [2.24, 2.45) is 5.92 Å². The van der Waals surface area contributed by atoms with Gasteiger partial charge in [0.05, 0.1) is 13.0 Å². The fraction of sp³-hybridized carbons (Fsp3) is 0.400. The summed E-state index contributed by atoms with van der Waals surface area (Å²) in [5, 5.41) is 3.34. The maximum atomic E-state index is 12.5. The number of esters is 1. The largest absolute Gasteiger partial charge is 0.469 e. The van der Waals surface area contributed by atoms with E-state index in [2.05, 4.69) is 9.71 Å². The smallest absolute Gasteiger partial charge is 0.308 e. The van der Waals surface area contributed by atoms with E-state index >= 15 is 0 Å². The molecule has 1 N–H and O–H groups in total. The number of nitrogens with one attached hydrogen (secondary N) is 1. The molecule has 11 heteroatoms. The molecule has 2 aromatic rings. The fourth-order valence-electron chi connectivity index (χ4n) is 2.65. The van der Waals surface area contributed by atoms with Crippen molar-refractivity contribution in [1.82, 2.24) is 9.88 Å². The molecule has 0 radical (unpaired) electrons. The van der Waals surface area contributed by atoms with Gasteiger partial charge in [-0.25, -0.2) is 13.4 Å². The number of methoxy groups -OCH3 is 1. The Morgan fingerprint density at radius 3 is 2.65 bits per heavy atom. The first kappa shape index (κ1) is 18.8. The lowest BCUT2D eigenvalue weighted by atomic mass is 9.97. The number of hydrogen-bond donors (Lipinski definition) is 1. The summed E-state index contributed by atoms with van der Waals surface area (Å²) in [6.07, 6.45) is 1.08. The molecule has 3 heterocycles. The zero-order valence-corrected chi connectivity index (χ0v) is 16.3. The van der Waals surface area contributed by atoms with E-state index in [9.17, 15) is 18.0 Å². The van der Waals surface area contributed by atoms with Crippen molar-refractivity contribution in [2.45, 2.75) is 17.1 Å². The molecule has 1 amide bonds. The molecule has 0 spiro atoms. The number of rotatable bonds is 5. The SMILES string of the molecule is COC(=O)C1CCN(C(=O)c2csc(NS(=O)(=O)c3cccs3)n2)CC1. The summed E-state index contributed by atoms with van der Waals surface area (Å²) >= 11 is 2.16. The number of piperidine rings is 1. The van der Waals surface area contributed by atoms with Crippen LogP contribution in [0.25, 0.3) is 0 Å². The summed E-state index contributed by atoms with van der Waals surface area (Å²) in [5.74, 6) is -0.713. The fourth-order valence-corrected chi connectivity index (χ4v) is 5.58. The van der Waals surface area contributed by atoms with Gasteiger partial charge in [-0.15, -0.1) is 22.7 Å². The highest BCUT2D eigenvalue weighted by Crippen LogP contribution is 2.25. The zero-order valence-electron chi connectivity index (χ0n) is 13.9. The van der Waals surface area contributed by atoms with Gasteiger partial charge in [0.15, 0.2) is 5.13 Å². The molecule has 3 rings (SSSR count). The van der Waals surface area contributed by atoms with E-state index in [-0.39, 0.29) is 32.8 Å². The summed E-state index contributed by atoms with van der Waals surface area (Å²) in [6.45, 7) is 0.874.